The molecule has 0 saturated heterocycles. The third-order valence-corrected chi connectivity index (χ3v) is 3.84. The molecular formula is C13H20BrNOS. The lowest BCUT2D eigenvalue weighted by Gasteiger charge is -2.14. The SMILES string of the molecule is CCSCCCOc1ccc(Br)cc1C(C)N. The van der Waals surface area contributed by atoms with E-state index in [0.717, 1.165) is 34.6 Å². The van der Waals surface area contributed by atoms with Gasteiger partial charge in [-0.05, 0) is 43.0 Å². The number of benzene rings is 1. The molecule has 96 valence electrons. The molecule has 0 aliphatic heterocycles. The summed E-state index contributed by atoms with van der Waals surface area (Å²) in [6, 6.07) is 5.99. The number of rotatable bonds is 7. The second-order valence-corrected chi connectivity index (χ2v) is 6.18. The quantitative estimate of drug-likeness (QED) is 0.772. The highest BCUT2D eigenvalue weighted by Gasteiger charge is 2.08. The molecule has 0 amide bonds. The average molecular weight is 318 g/mol. The van der Waals surface area contributed by atoms with Crippen LogP contribution in [0.3, 0.4) is 0 Å². The van der Waals surface area contributed by atoms with Gasteiger partial charge in [0.2, 0.25) is 0 Å². The van der Waals surface area contributed by atoms with E-state index in [1.807, 2.05) is 36.9 Å². The van der Waals surface area contributed by atoms with Crippen LogP contribution in [0.15, 0.2) is 22.7 Å². The third-order valence-electron chi connectivity index (χ3n) is 2.36. The molecule has 0 radical (unpaired) electrons. The second-order valence-electron chi connectivity index (χ2n) is 3.87. The molecule has 1 unspecified atom stereocenters. The fourth-order valence-corrected chi connectivity index (χ4v) is 2.48. The Hall–Kier alpha value is -0.190. The minimum Gasteiger partial charge on any atom is -0.493 e. The van der Waals surface area contributed by atoms with E-state index < -0.39 is 0 Å². The van der Waals surface area contributed by atoms with Crippen LogP contribution in [0.4, 0.5) is 0 Å². The number of ether oxygens (including phenoxy) is 1. The number of hydrogen-bond donors (Lipinski definition) is 1. The Bertz CT molecular complexity index is 344. The Morgan fingerprint density at radius 2 is 2.24 bits per heavy atom. The fraction of sp³-hybridized carbons (Fsp3) is 0.538. The van der Waals surface area contributed by atoms with Crippen LogP contribution in [0.1, 0.15) is 31.9 Å². The lowest BCUT2D eigenvalue weighted by Crippen LogP contribution is -2.09. The predicted molar refractivity (Wildman–Crippen MR) is 79.9 cm³/mol. The van der Waals surface area contributed by atoms with Gasteiger partial charge in [0.15, 0.2) is 0 Å². The molecule has 0 bridgehead atoms. The van der Waals surface area contributed by atoms with Crippen molar-refractivity contribution in [2.75, 3.05) is 18.1 Å². The molecule has 0 aliphatic carbocycles. The van der Waals surface area contributed by atoms with Gasteiger partial charge in [0.1, 0.15) is 5.75 Å². The monoisotopic (exact) mass is 317 g/mol. The number of nitrogens with two attached hydrogens (primary N) is 1. The average Bonchev–Trinajstić information content (AvgIpc) is 2.30. The molecule has 0 heterocycles. The summed E-state index contributed by atoms with van der Waals surface area (Å²) in [6.07, 6.45) is 1.08. The molecule has 0 aliphatic rings. The summed E-state index contributed by atoms with van der Waals surface area (Å²) in [7, 11) is 0. The first-order valence-corrected chi connectivity index (χ1v) is 7.85. The zero-order chi connectivity index (χ0) is 12.7. The lowest BCUT2D eigenvalue weighted by atomic mass is 10.1. The number of hydrogen-bond acceptors (Lipinski definition) is 3. The van der Waals surface area contributed by atoms with Gasteiger partial charge in [0, 0.05) is 16.1 Å². The molecule has 0 fully saturated rings. The van der Waals surface area contributed by atoms with Crippen molar-refractivity contribution < 1.29 is 4.74 Å². The third kappa shape index (κ3) is 5.32. The van der Waals surface area contributed by atoms with Crippen molar-refractivity contribution >= 4 is 27.7 Å². The highest BCUT2D eigenvalue weighted by molar-refractivity contribution is 9.10. The molecular weight excluding hydrogens is 298 g/mol. The van der Waals surface area contributed by atoms with Gasteiger partial charge in [-0.25, -0.2) is 0 Å². The minimum absolute atomic E-state index is 0.00693. The van der Waals surface area contributed by atoms with Crippen molar-refractivity contribution in [3.05, 3.63) is 28.2 Å². The van der Waals surface area contributed by atoms with E-state index in [9.17, 15) is 0 Å². The van der Waals surface area contributed by atoms with Gasteiger partial charge in [-0.3, -0.25) is 0 Å². The summed E-state index contributed by atoms with van der Waals surface area (Å²) in [6.45, 7) is 4.91. The van der Waals surface area contributed by atoms with Crippen LogP contribution in [0.2, 0.25) is 0 Å². The van der Waals surface area contributed by atoms with Crippen LogP contribution in [-0.4, -0.2) is 18.1 Å². The first kappa shape index (κ1) is 14.9. The summed E-state index contributed by atoms with van der Waals surface area (Å²) in [5.41, 5.74) is 6.99. The van der Waals surface area contributed by atoms with Gasteiger partial charge in [-0.15, -0.1) is 0 Å². The van der Waals surface area contributed by atoms with Crippen molar-refractivity contribution in [2.45, 2.75) is 26.3 Å². The molecule has 4 heteroatoms. The summed E-state index contributed by atoms with van der Waals surface area (Å²) in [5.74, 6) is 3.23. The Kier molecular flexibility index (Phi) is 7.00. The van der Waals surface area contributed by atoms with E-state index in [-0.39, 0.29) is 6.04 Å². The molecule has 0 spiro atoms. The second kappa shape index (κ2) is 8.01. The Morgan fingerprint density at radius 3 is 2.88 bits per heavy atom. The predicted octanol–water partition coefficient (Wildman–Crippen LogP) is 3.99. The summed E-state index contributed by atoms with van der Waals surface area (Å²) in [5, 5.41) is 0. The van der Waals surface area contributed by atoms with Crippen molar-refractivity contribution in [1.29, 1.82) is 0 Å². The van der Waals surface area contributed by atoms with Gasteiger partial charge >= 0.3 is 0 Å². The molecule has 2 nitrogen and oxygen atoms in total. The van der Waals surface area contributed by atoms with Crippen molar-refractivity contribution in [2.24, 2.45) is 5.73 Å². The molecule has 2 N–H and O–H groups in total. The topological polar surface area (TPSA) is 35.2 Å². The Labute approximate surface area is 116 Å². The van der Waals surface area contributed by atoms with Gasteiger partial charge in [-0.1, -0.05) is 22.9 Å². The number of halogens is 1. The Balaban J connectivity index is 2.52. The maximum atomic E-state index is 5.93. The molecule has 1 aromatic rings. The Morgan fingerprint density at radius 1 is 1.47 bits per heavy atom. The van der Waals surface area contributed by atoms with Crippen LogP contribution in [0, 0.1) is 0 Å². The lowest BCUT2D eigenvalue weighted by molar-refractivity contribution is 0.314. The van der Waals surface area contributed by atoms with Gasteiger partial charge in [-0.2, -0.15) is 11.8 Å². The molecule has 17 heavy (non-hydrogen) atoms. The van der Waals surface area contributed by atoms with Crippen LogP contribution in [0.5, 0.6) is 5.75 Å². The standard InChI is InChI=1S/C13H20BrNOS/c1-3-17-8-4-7-16-13-6-5-11(14)9-12(13)10(2)15/h5-6,9-10H,3-4,7-8,15H2,1-2H3. The highest BCUT2D eigenvalue weighted by Crippen LogP contribution is 2.27. The summed E-state index contributed by atoms with van der Waals surface area (Å²) >= 11 is 5.40. The molecule has 1 rings (SSSR count). The molecule has 0 saturated carbocycles. The highest BCUT2D eigenvalue weighted by atomic mass is 79.9. The molecule has 1 atom stereocenters. The van der Waals surface area contributed by atoms with Gasteiger partial charge < -0.3 is 10.5 Å². The molecule has 0 aromatic heterocycles. The molecule has 1 aromatic carbocycles. The minimum atomic E-state index is -0.00693. The van der Waals surface area contributed by atoms with E-state index in [1.54, 1.807) is 0 Å². The van der Waals surface area contributed by atoms with Crippen molar-refractivity contribution in [1.82, 2.24) is 0 Å². The van der Waals surface area contributed by atoms with Gasteiger partial charge in [0.05, 0.1) is 6.61 Å². The maximum absolute atomic E-state index is 5.93. The first-order valence-electron chi connectivity index (χ1n) is 5.90. The van der Waals surface area contributed by atoms with Crippen LogP contribution in [0.25, 0.3) is 0 Å². The fourth-order valence-electron chi connectivity index (χ4n) is 1.49. The van der Waals surface area contributed by atoms with E-state index >= 15 is 0 Å². The van der Waals surface area contributed by atoms with E-state index in [2.05, 4.69) is 22.9 Å². The summed E-state index contributed by atoms with van der Waals surface area (Å²) in [4.78, 5) is 0. The van der Waals surface area contributed by atoms with E-state index in [4.69, 9.17) is 10.5 Å². The van der Waals surface area contributed by atoms with E-state index in [0.29, 0.717) is 0 Å². The van der Waals surface area contributed by atoms with Crippen LogP contribution < -0.4 is 10.5 Å². The summed E-state index contributed by atoms with van der Waals surface area (Å²) < 4.78 is 6.83. The number of thioether (sulfide) groups is 1. The van der Waals surface area contributed by atoms with Gasteiger partial charge in [0.25, 0.3) is 0 Å². The van der Waals surface area contributed by atoms with Crippen molar-refractivity contribution in [3.8, 4) is 5.75 Å². The largest absolute Gasteiger partial charge is 0.493 e. The normalized spacial score (nSPS) is 12.5. The zero-order valence-corrected chi connectivity index (χ0v) is 12.8. The van der Waals surface area contributed by atoms with Crippen molar-refractivity contribution in [3.63, 3.8) is 0 Å². The van der Waals surface area contributed by atoms with E-state index in [1.165, 1.54) is 5.75 Å². The van der Waals surface area contributed by atoms with Crippen LogP contribution in [-0.2, 0) is 0 Å². The maximum Gasteiger partial charge on any atom is 0.124 e. The first-order chi connectivity index (χ1) is 8.15. The van der Waals surface area contributed by atoms with Crippen LogP contribution >= 0.6 is 27.7 Å². The zero-order valence-electron chi connectivity index (χ0n) is 10.4. The smallest absolute Gasteiger partial charge is 0.124 e.